The van der Waals surface area contributed by atoms with Gasteiger partial charge < -0.3 is 10.6 Å². The quantitative estimate of drug-likeness (QED) is 0.848. The molecule has 0 radical (unpaired) electrons. The Kier molecular flexibility index (Phi) is 4.96. The zero-order valence-corrected chi connectivity index (χ0v) is 16.0. The minimum Gasteiger partial charge on any atom is -0.341 e. The van der Waals surface area contributed by atoms with Crippen LogP contribution in [0.2, 0.25) is 10.0 Å². The molecule has 4 atom stereocenters. The number of hydrogen-bond donors (Lipinski definition) is 1. The fraction of sp³-hybridized carbons (Fsp3) is 0.381. The van der Waals surface area contributed by atoms with Crippen molar-refractivity contribution >= 4 is 29.1 Å². The maximum atomic E-state index is 13.0. The highest BCUT2D eigenvalue weighted by Crippen LogP contribution is 2.52. The van der Waals surface area contributed by atoms with E-state index in [1.165, 1.54) is 5.56 Å². The fourth-order valence-corrected chi connectivity index (χ4v) is 4.67. The van der Waals surface area contributed by atoms with Gasteiger partial charge in [0.15, 0.2) is 0 Å². The molecule has 1 saturated carbocycles. The molecule has 1 aliphatic carbocycles. The predicted molar refractivity (Wildman–Crippen MR) is 106 cm³/mol. The average Bonchev–Trinajstić information content (AvgIpc) is 3.34. The highest BCUT2D eigenvalue weighted by atomic mass is 35.5. The largest absolute Gasteiger partial charge is 0.341 e. The molecule has 2 fully saturated rings. The smallest absolute Gasteiger partial charge is 0.226 e. The van der Waals surface area contributed by atoms with Crippen LogP contribution in [0.1, 0.15) is 29.4 Å². The normalized spacial score (nSPS) is 27.6. The number of likely N-dealkylation sites (tertiary alicyclic amines) is 1. The molecule has 26 heavy (non-hydrogen) atoms. The molecule has 3 nitrogen and oxygen atoms in total. The number of nitrogens with zero attached hydrogens (tertiary/aromatic N) is 1. The van der Waals surface area contributed by atoms with Crippen molar-refractivity contribution in [3.05, 3.63) is 69.7 Å². The maximum absolute atomic E-state index is 13.0. The molecule has 2 aromatic carbocycles. The summed E-state index contributed by atoms with van der Waals surface area (Å²) in [6, 6.07) is 16.0. The van der Waals surface area contributed by atoms with Gasteiger partial charge in [0.1, 0.15) is 0 Å². The summed E-state index contributed by atoms with van der Waals surface area (Å²) in [6.07, 6.45) is 0.846. The molecule has 1 amide bonds. The molecule has 1 heterocycles. The summed E-state index contributed by atoms with van der Waals surface area (Å²) in [4.78, 5) is 15.0. The fourth-order valence-electron chi connectivity index (χ4n) is 4.22. The number of carbonyl (C=O) groups is 1. The van der Waals surface area contributed by atoms with Crippen molar-refractivity contribution in [2.45, 2.75) is 18.3 Å². The lowest BCUT2D eigenvalue weighted by Crippen LogP contribution is -2.31. The Labute approximate surface area is 164 Å². The Bertz CT molecular complexity index is 811. The highest BCUT2D eigenvalue weighted by molar-refractivity contribution is 6.42. The van der Waals surface area contributed by atoms with Gasteiger partial charge in [0, 0.05) is 24.9 Å². The van der Waals surface area contributed by atoms with Crippen molar-refractivity contribution in [2.75, 3.05) is 19.6 Å². The van der Waals surface area contributed by atoms with Gasteiger partial charge >= 0.3 is 0 Å². The summed E-state index contributed by atoms with van der Waals surface area (Å²) in [5.41, 5.74) is 8.26. The lowest BCUT2D eigenvalue weighted by Gasteiger charge is -2.17. The third-order valence-corrected chi connectivity index (χ3v) is 6.61. The van der Waals surface area contributed by atoms with Gasteiger partial charge in [0.25, 0.3) is 0 Å². The first-order valence-electron chi connectivity index (χ1n) is 9.08. The van der Waals surface area contributed by atoms with Gasteiger partial charge in [0.05, 0.1) is 10.0 Å². The van der Waals surface area contributed by atoms with Gasteiger partial charge in [-0.15, -0.1) is 0 Å². The van der Waals surface area contributed by atoms with Crippen LogP contribution >= 0.6 is 23.2 Å². The van der Waals surface area contributed by atoms with Crippen LogP contribution in [0.3, 0.4) is 0 Å². The SMILES string of the molecule is NC[C@@H]1CN(C(=O)C2CC2c2cccc(Cl)c2Cl)C[C@H]1c1ccccc1. The van der Waals surface area contributed by atoms with Gasteiger partial charge in [-0.25, -0.2) is 0 Å². The molecule has 1 aliphatic heterocycles. The summed E-state index contributed by atoms with van der Waals surface area (Å²) in [5.74, 6) is 1.05. The van der Waals surface area contributed by atoms with Crippen molar-refractivity contribution in [2.24, 2.45) is 17.6 Å². The number of carbonyl (C=O) groups excluding carboxylic acids is 1. The first-order valence-corrected chi connectivity index (χ1v) is 9.83. The Morgan fingerprint density at radius 2 is 1.81 bits per heavy atom. The lowest BCUT2D eigenvalue weighted by molar-refractivity contribution is -0.131. The zero-order valence-electron chi connectivity index (χ0n) is 14.4. The van der Waals surface area contributed by atoms with Crippen molar-refractivity contribution < 1.29 is 4.79 Å². The number of hydrogen-bond acceptors (Lipinski definition) is 2. The third kappa shape index (κ3) is 3.24. The second-order valence-corrected chi connectivity index (χ2v) is 8.13. The molecule has 0 bridgehead atoms. The van der Waals surface area contributed by atoms with E-state index in [-0.39, 0.29) is 17.7 Å². The molecular weight excluding hydrogens is 367 g/mol. The highest BCUT2D eigenvalue weighted by Gasteiger charge is 2.48. The van der Waals surface area contributed by atoms with Gasteiger partial charge in [-0.2, -0.15) is 0 Å². The lowest BCUT2D eigenvalue weighted by atomic mass is 9.89. The van der Waals surface area contributed by atoms with Gasteiger partial charge in [-0.1, -0.05) is 65.7 Å². The summed E-state index contributed by atoms with van der Waals surface area (Å²) in [5, 5.41) is 1.13. The molecule has 1 saturated heterocycles. The Morgan fingerprint density at radius 1 is 1.04 bits per heavy atom. The van der Waals surface area contributed by atoms with Crippen molar-refractivity contribution in [1.29, 1.82) is 0 Å². The van der Waals surface area contributed by atoms with Crippen molar-refractivity contribution in [3.8, 4) is 0 Å². The van der Waals surface area contributed by atoms with Crippen LogP contribution < -0.4 is 5.73 Å². The molecule has 0 aromatic heterocycles. The second-order valence-electron chi connectivity index (χ2n) is 7.35. The van der Waals surface area contributed by atoms with Crippen molar-refractivity contribution in [1.82, 2.24) is 4.90 Å². The van der Waals surface area contributed by atoms with E-state index in [2.05, 4.69) is 12.1 Å². The van der Waals surface area contributed by atoms with Crippen LogP contribution in [-0.4, -0.2) is 30.4 Å². The van der Waals surface area contributed by atoms with E-state index in [4.69, 9.17) is 28.9 Å². The van der Waals surface area contributed by atoms with Gasteiger partial charge in [0.2, 0.25) is 5.91 Å². The first kappa shape index (κ1) is 17.8. The average molecular weight is 389 g/mol. The number of halogens is 2. The van der Waals surface area contributed by atoms with E-state index in [9.17, 15) is 4.79 Å². The van der Waals surface area contributed by atoms with Crippen LogP contribution in [0.5, 0.6) is 0 Å². The molecule has 2 N–H and O–H groups in total. The van der Waals surface area contributed by atoms with Crippen LogP contribution in [0.15, 0.2) is 48.5 Å². The summed E-state index contributed by atoms with van der Waals surface area (Å²) < 4.78 is 0. The summed E-state index contributed by atoms with van der Waals surface area (Å²) in [7, 11) is 0. The number of amides is 1. The van der Waals surface area contributed by atoms with Crippen LogP contribution in [0.25, 0.3) is 0 Å². The molecule has 5 heteroatoms. The molecule has 0 spiro atoms. The number of nitrogens with two attached hydrogens (primary N) is 1. The van der Waals surface area contributed by atoms with E-state index >= 15 is 0 Å². The topological polar surface area (TPSA) is 46.3 Å². The monoisotopic (exact) mass is 388 g/mol. The van der Waals surface area contributed by atoms with E-state index < -0.39 is 0 Å². The Morgan fingerprint density at radius 3 is 2.54 bits per heavy atom. The molecular formula is C21H22Cl2N2O. The molecule has 4 rings (SSSR count). The predicted octanol–water partition coefficient (Wildman–Crippen LogP) is 4.30. The van der Waals surface area contributed by atoms with Crippen LogP contribution in [0.4, 0.5) is 0 Å². The molecule has 136 valence electrons. The molecule has 2 aromatic rings. The van der Waals surface area contributed by atoms with Crippen LogP contribution in [0, 0.1) is 11.8 Å². The summed E-state index contributed by atoms with van der Waals surface area (Å²) >= 11 is 12.5. The standard InChI is InChI=1S/C21H22Cl2N2O/c22-19-8-4-7-15(20(19)23)16-9-17(16)21(26)25-11-14(10-24)18(12-25)13-5-2-1-3-6-13/h1-8,14,16-18H,9-12,24H2/t14-,16?,17?,18+/m1/s1. The van der Waals surface area contributed by atoms with Crippen LogP contribution in [-0.2, 0) is 4.79 Å². The Hall–Kier alpha value is -1.55. The minimum atomic E-state index is 0.0129. The maximum Gasteiger partial charge on any atom is 0.226 e. The van der Waals surface area contributed by atoms with E-state index in [1.807, 2.05) is 35.2 Å². The number of rotatable bonds is 4. The second kappa shape index (κ2) is 7.22. The minimum absolute atomic E-state index is 0.0129. The van der Waals surface area contributed by atoms with E-state index in [1.54, 1.807) is 6.07 Å². The van der Waals surface area contributed by atoms with Crippen molar-refractivity contribution in [3.63, 3.8) is 0 Å². The summed E-state index contributed by atoms with van der Waals surface area (Å²) in [6.45, 7) is 2.08. The first-order chi connectivity index (χ1) is 12.6. The van der Waals surface area contributed by atoms with E-state index in [0.29, 0.717) is 28.4 Å². The van der Waals surface area contributed by atoms with E-state index in [0.717, 1.165) is 25.1 Å². The van der Waals surface area contributed by atoms with Gasteiger partial charge in [-0.05, 0) is 42.0 Å². The molecule has 2 unspecified atom stereocenters. The van der Waals surface area contributed by atoms with Gasteiger partial charge in [-0.3, -0.25) is 4.79 Å². The zero-order chi connectivity index (χ0) is 18.3. The third-order valence-electron chi connectivity index (χ3n) is 5.77. The Balaban J connectivity index is 1.47. The molecule has 2 aliphatic rings. The number of benzene rings is 2.